The van der Waals surface area contributed by atoms with Gasteiger partial charge in [-0.05, 0) is 106 Å². The Kier molecular flexibility index (Phi) is 9.60. The van der Waals surface area contributed by atoms with Gasteiger partial charge in [-0.1, -0.05) is 162 Å². The quantitative estimate of drug-likeness (QED) is 0.159. The molecule has 0 aliphatic rings. The van der Waals surface area contributed by atoms with E-state index in [1.54, 1.807) is 0 Å². The molecule has 0 aliphatic carbocycles. The third kappa shape index (κ3) is 6.86. The summed E-state index contributed by atoms with van der Waals surface area (Å²) in [4.78, 5) is 28.1. The van der Waals surface area contributed by atoms with Gasteiger partial charge in [0.2, 0.25) is 5.95 Å². The lowest BCUT2D eigenvalue weighted by molar-refractivity contribution is 0.914. The number of fused-ring (bicyclic) bond motifs is 9. The van der Waals surface area contributed by atoms with E-state index in [1.165, 1.54) is 22.3 Å². The number of hydrogen-bond acceptors (Lipinski definition) is 5. The molecule has 8 heteroatoms. The molecule has 8 nitrogen and oxygen atoms in total. The van der Waals surface area contributed by atoms with Crippen LogP contribution in [0.25, 0.3) is 128 Å². The molecule has 0 fully saturated rings. The van der Waals surface area contributed by atoms with Crippen molar-refractivity contribution in [3.63, 3.8) is 0 Å². The summed E-state index contributed by atoms with van der Waals surface area (Å²) in [6.45, 7) is 8.62. The Bertz CT molecular complexity index is 4200. The molecule has 14 aromatic rings. The van der Waals surface area contributed by atoms with Crippen molar-refractivity contribution in [2.24, 2.45) is 0 Å². The number of hydrogen-bond donors (Lipinski definition) is 0. The Morgan fingerprint density at radius 2 is 0.616 bits per heavy atom. The number of benzene rings is 9. The van der Waals surface area contributed by atoms with Gasteiger partial charge in [-0.2, -0.15) is 9.97 Å². The molecule has 73 heavy (non-hydrogen) atoms. The van der Waals surface area contributed by atoms with Crippen molar-refractivity contribution in [2.75, 3.05) is 0 Å². The first kappa shape index (κ1) is 42.4. The van der Waals surface area contributed by atoms with Gasteiger partial charge >= 0.3 is 0 Å². The summed E-state index contributed by atoms with van der Waals surface area (Å²) in [5.41, 5.74) is 15.4. The predicted octanol–water partition coefficient (Wildman–Crippen LogP) is 15.9. The highest BCUT2D eigenvalue weighted by Crippen LogP contribution is 2.43. The van der Waals surface area contributed by atoms with Gasteiger partial charge in [-0.15, -0.1) is 0 Å². The number of aromatic nitrogens is 8. The van der Waals surface area contributed by atoms with Gasteiger partial charge in [-0.3, -0.25) is 13.7 Å². The summed E-state index contributed by atoms with van der Waals surface area (Å²) < 4.78 is 6.86. The molecule has 0 aliphatic heterocycles. The highest BCUT2D eigenvalue weighted by Gasteiger charge is 2.30. The van der Waals surface area contributed by atoms with E-state index in [4.69, 9.17) is 24.9 Å². The zero-order valence-corrected chi connectivity index (χ0v) is 40.7. The first-order chi connectivity index (χ1) is 35.8. The molecule has 14 rings (SSSR count). The van der Waals surface area contributed by atoms with E-state index < -0.39 is 0 Å². The van der Waals surface area contributed by atoms with E-state index >= 15 is 0 Å². The first-order valence-corrected chi connectivity index (χ1v) is 24.7. The molecule has 5 heterocycles. The second-order valence-corrected chi connectivity index (χ2v) is 19.3. The van der Waals surface area contributed by atoms with Gasteiger partial charge < -0.3 is 0 Å². The summed E-state index contributed by atoms with van der Waals surface area (Å²) in [5, 5.41) is 6.73. The van der Waals surface area contributed by atoms with E-state index in [1.807, 2.05) is 36.4 Å². The number of para-hydroxylation sites is 1. The van der Waals surface area contributed by atoms with Crippen LogP contribution in [0.15, 0.2) is 206 Å². The molecule has 0 saturated heterocycles. The lowest BCUT2D eigenvalue weighted by Gasteiger charge is -2.20. The van der Waals surface area contributed by atoms with E-state index in [0.29, 0.717) is 40.6 Å². The normalized spacial score (nSPS) is 11.8. The van der Waals surface area contributed by atoms with Crippen LogP contribution in [-0.4, -0.2) is 38.6 Å². The second kappa shape index (κ2) is 16.5. The molecule has 0 unspecified atom stereocenters. The maximum absolute atomic E-state index is 5.92. The Morgan fingerprint density at radius 1 is 0.260 bits per heavy atom. The minimum Gasteiger partial charge on any atom is -0.293 e. The lowest BCUT2D eigenvalue weighted by Crippen LogP contribution is -2.14. The van der Waals surface area contributed by atoms with Crippen LogP contribution in [0.4, 0.5) is 0 Å². The molecule has 0 saturated carbocycles. The summed E-state index contributed by atoms with van der Waals surface area (Å²) >= 11 is 0. The number of aryl methyl sites for hydroxylation is 4. The predicted molar refractivity (Wildman–Crippen MR) is 299 cm³/mol. The monoisotopic (exact) mass is 938 g/mol. The number of nitrogens with zero attached hydrogens (tertiary/aromatic N) is 8. The Morgan fingerprint density at radius 3 is 1.08 bits per heavy atom. The van der Waals surface area contributed by atoms with Crippen molar-refractivity contribution in [1.29, 1.82) is 0 Å². The second-order valence-electron chi connectivity index (χ2n) is 19.3. The smallest absolute Gasteiger partial charge is 0.238 e. The van der Waals surface area contributed by atoms with Gasteiger partial charge in [0.05, 0.1) is 33.1 Å². The van der Waals surface area contributed by atoms with Crippen molar-refractivity contribution in [2.45, 2.75) is 27.7 Å². The van der Waals surface area contributed by atoms with E-state index in [9.17, 15) is 0 Å². The third-order valence-corrected chi connectivity index (χ3v) is 14.3. The summed E-state index contributed by atoms with van der Waals surface area (Å²) in [6, 6.07) is 73.0. The fraction of sp³-hybridized carbons (Fsp3) is 0.0615. The fourth-order valence-electron chi connectivity index (χ4n) is 10.9. The maximum atomic E-state index is 5.92. The van der Waals surface area contributed by atoms with Gasteiger partial charge in [0.15, 0.2) is 29.1 Å². The van der Waals surface area contributed by atoms with Gasteiger partial charge in [0, 0.05) is 43.4 Å². The van der Waals surface area contributed by atoms with Crippen molar-refractivity contribution in [3.05, 3.63) is 229 Å². The van der Waals surface area contributed by atoms with Gasteiger partial charge in [0.1, 0.15) is 5.56 Å². The SMILES string of the molecule is Cc1ccc2c(c1)c1cc(C)ccc1n2-c1nc(-n2c3ccccc3c3cc(-c4ccccc4)ccc32)nc(-n2c3ccc(C)cc3c3cc(C)ccc32)c1-c1nc(-c2ccccc2)nc(-c2ccccc2)n1. The molecule has 0 spiro atoms. The van der Waals surface area contributed by atoms with Gasteiger partial charge in [0.25, 0.3) is 0 Å². The fourth-order valence-corrected chi connectivity index (χ4v) is 10.9. The molecule has 346 valence electrons. The molecule has 0 atom stereocenters. The lowest BCUT2D eigenvalue weighted by atomic mass is 10.0. The molecule has 9 aromatic carbocycles. The van der Waals surface area contributed by atoms with Crippen LogP contribution >= 0.6 is 0 Å². The van der Waals surface area contributed by atoms with Crippen molar-refractivity contribution < 1.29 is 0 Å². The highest BCUT2D eigenvalue weighted by atomic mass is 15.2. The highest BCUT2D eigenvalue weighted by molar-refractivity contribution is 6.13. The molecule has 5 aromatic heterocycles. The van der Waals surface area contributed by atoms with Crippen LogP contribution < -0.4 is 0 Å². The van der Waals surface area contributed by atoms with Crippen LogP contribution in [0.1, 0.15) is 22.3 Å². The topological polar surface area (TPSA) is 79.2 Å². The van der Waals surface area contributed by atoms with Crippen molar-refractivity contribution in [3.8, 4) is 62.9 Å². The minimum absolute atomic E-state index is 0.447. The maximum Gasteiger partial charge on any atom is 0.238 e. The Hall–Kier alpha value is -9.53. The van der Waals surface area contributed by atoms with Crippen LogP contribution in [-0.2, 0) is 0 Å². The average molecular weight is 939 g/mol. The zero-order valence-electron chi connectivity index (χ0n) is 40.7. The Balaban J connectivity index is 1.21. The first-order valence-electron chi connectivity index (χ1n) is 24.7. The third-order valence-electron chi connectivity index (χ3n) is 14.3. The van der Waals surface area contributed by atoms with Crippen LogP contribution in [0.2, 0.25) is 0 Å². The molecule has 0 amide bonds. The molecule has 0 bridgehead atoms. The average Bonchev–Trinajstić information content (AvgIpc) is 4.05. The largest absolute Gasteiger partial charge is 0.293 e. The van der Waals surface area contributed by atoms with E-state index in [2.05, 4.69) is 211 Å². The number of rotatable bonds is 7. The molecule has 0 radical (unpaired) electrons. The van der Waals surface area contributed by atoms with E-state index in [-0.39, 0.29) is 0 Å². The molecule has 0 N–H and O–H groups in total. The van der Waals surface area contributed by atoms with Crippen molar-refractivity contribution >= 4 is 65.4 Å². The molecular formula is C65H46N8. The summed E-state index contributed by atoms with van der Waals surface area (Å²) in [6.07, 6.45) is 0. The van der Waals surface area contributed by atoms with Crippen LogP contribution in [0.5, 0.6) is 0 Å². The zero-order chi connectivity index (χ0) is 48.9. The summed E-state index contributed by atoms with van der Waals surface area (Å²) in [7, 11) is 0. The van der Waals surface area contributed by atoms with Crippen molar-refractivity contribution in [1.82, 2.24) is 38.6 Å². The standard InChI is InChI=1S/C65H46N8/c1-39-24-29-54-48(34-39)49-35-40(2)25-30-55(49)71(54)63-59(62-67-60(44-18-10-6-11-19-44)66-61(68-62)45-20-12-7-13-21-45)64(72-56-31-26-41(3)36-50(56)51-37-42(4)27-32-57(51)72)70-65(69-63)73-53-23-15-14-22-47(53)52-38-46(28-33-58(52)73)43-16-8-5-9-17-43/h5-38H,1-4H3. The van der Waals surface area contributed by atoms with Crippen LogP contribution in [0, 0.1) is 27.7 Å². The summed E-state index contributed by atoms with van der Waals surface area (Å²) in [5.74, 6) is 3.32. The van der Waals surface area contributed by atoms with Crippen LogP contribution in [0.3, 0.4) is 0 Å². The Labute approximate surface area is 421 Å². The molecular weight excluding hydrogens is 893 g/mol. The minimum atomic E-state index is 0.447. The van der Waals surface area contributed by atoms with Gasteiger partial charge in [-0.25, -0.2) is 15.0 Å². The van der Waals surface area contributed by atoms with E-state index in [0.717, 1.165) is 87.7 Å².